The lowest BCUT2D eigenvalue weighted by Crippen LogP contribution is -2.30. The molecule has 0 saturated heterocycles. The molecule has 4 aromatic rings. The predicted octanol–water partition coefficient (Wildman–Crippen LogP) is 5.17. The molecular weight excluding hydrogens is 349 g/mol. The van der Waals surface area contributed by atoms with Gasteiger partial charge in [-0.25, -0.2) is 4.39 Å². The number of allylic oxidation sites excluding steroid dienone is 1. The maximum Gasteiger partial charge on any atom is 0.123 e. The second kappa shape index (κ2) is 6.57. The van der Waals surface area contributed by atoms with E-state index in [2.05, 4.69) is 39.5 Å². The molecule has 1 atom stereocenters. The largest absolute Gasteiger partial charge is 0.281 e. The van der Waals surface area contributed by atoms with Crippen LogP contribution in [0.5, 0.6) is 0 Å². The highest BCUT2D eigenvalue weighted by atomic mass is 19.1. The molecule has 0 fully saturated rings. The summed E-state index contributed by atoms with van der Waals surface area (Å²) in [7, 11) is 0. The molecule has 0 aliphatic heterocycles. The van der Waals surface area contributed by atoms with Gasteiger partial charge in [0.05, 0.1) is 5.69 Å². The molecule has 1 unspecified atom stereocenters. The van der Waals surface area contributed by atoms with Crippen molar-refractivity contribution in [2.45, 2.75) is 11.8 Å². The molecule has 0 spiro atoms. The normalized spacial score (nSPS) is 18.0. The molecule has 2 heterocycles. The fraction of sp³-hybridized carbons (Fsp3) is 0.0833. The topological polar surface area (TPSA) is 41.6 Å². The van der Waals surface area contributed by atoms with Crippen LogP contribution in [0, 0.1) is 5.82 Å². The second-order valence-electron chi connectivity index (χ2n) is 7.03. The number of halogens is 1. The Morgan fingerprint density at radius 3 is 2.36 bits per heavy atom. The van der Waals surface area contributed by atoms with Gasteiger partial charge in [0, 0.05) is 29.3 Å². The first kappa shape index (κ1) is 16.6. The maximum atomic E-state index is 13.6. The third-order valence-electron chi connectivity index (χ3n) is 5.43. The molecule has 1 N–H and O–H groups in total. The summed E-state index contributed by atoms with van der Waals surface area (Å²) >= 11 is 0. The monoisotopic (exact) mass is 367 g/mol. The van der Waals surface area contributed by atoms with Crippen molar-refractivity contribution >= 4 is 6.08 Å². The van der Waals surface area contributed by atoms with E-state index < -0.39 is 0 Å². The predicted molar refractivity (Wildman–Crippen MR) is 108 cm³/mol. The molecule has 3 nitrogen and oxygen atoms in total. The van der Waals surface area contributed by atoms with Gasteiger partial charge in [0.15, 0.2) is 0 Å². The number of fused-ring (bicyclic) bond motifs is 1. The van der Waals surface area contributed by atoms with Gasteiger partial charge in [-0.15, -0.1) is 0 Å². The van der Waals surface area contributed by atoms with Crippen molar-refractivity contribution in [2.24, 2.45) is 0 Å². The van der Waals surface area contributed by atoms with E-state index in [1.54, 1.807) is 6.20 Å². The highest BCUT2D eigenvalue weighted by Crippen LogP contribution is 2.42. The van der Waals surface area contributed by atoms with Crippen LogP contribution in [0.15, 0.2) is 85.1 Å². The van der Waals surface area contributed by atoms with Gasteiger partial charge in [-0.3, -0.25) is 10.1 Å². The van der Waals surface area contributed by atoms with E-state index in [4.69, 9.17) is 0 Å². The summed E-state index contributed by atoms with van der Waals surface area (Å²) < 4.78 is 13.6. The van der Waals surface area contributed by atoms with Crippen molar-refractivity contribution in [2.75, 3.05) is 0 Å². The quantitative estimate of drug-likeness (QED) is 0.543. The van der Waals surface area contributed by atoms with Crippen LogP contribution in [0.4, 0.5) is 4.39 Å². The molecule has 0 saturated carbocycles. The average molecular weight is 367 g/mol. The summed E-state index contributed by atoms with van der Waals surface area (Å²) in [5, 5.41) is 7.75. The molecular formula is C24H18FN3. The summed E-state index contributed by atoms with van der Waals surface area (Å²) in [4.78, 5) is 4.43. The average Bonchev–Trinajstić information content (AvgIpc) is 3.18. The summed E-state index contributed by atoms with van der Waals surface area (Å²) in [5.74, 6) is -0.230. The van der Waals surface area contributed by atoms with E-state index in [1.165, 1.54) is 12.1 Å². The lowest BCUT2D eigenvalue weighted by molar-refractivity contribution is 0.606. The van der Waals surface area contributed by atoms with Gasteiger partial charge in [-0.05, 0) is 35.4 Å². The fourth-order valence-electron chi connectivity index (χ4n) is 4.01. The number of pyridine rings is 1. The number of nitrogens with zero attached hydrogens (tertiary/aromatic N) is 2. The molecule has 2 aromatic carbocycles. The van der Waals surface area contributed by atoms with Crippen molar-refractivity contribution in [1.29, 1.82) is 0 Å². The molecule has 1 aliphatic rings. The first-order valence-electron chi connectivity index (χ1n) is 9.26. The number of nitrogens with one attached hydrogen (secondary N) is 1. The smallest absolute Gasteiger partial charge is 0.123 e. The minimum absolute atomic E-state index is 0.230. The van der Waals surface area contributed by atoms with Gasteiger partial charge in [0.2, 0.25) is 0 Å². The van der Waals surface area contributed by atoms with Crippen molar-refractivity contribution in [3.05, 3.63) is 113 Å². The first-order chi connectivity index (χ1) is 13.8. The lowest BCUT2D eigenvalue weighted by atomic mass is 9.68. The van der Waals surface area contributed by atoms with Crippen molar-refractivity contribution in [3.63, 3.8) is 0 Å². The van der Waals surface area contributed by atoms with Gasteiger partial charge in [0.25, 0.3) is 0 Å². The number of aromatic nitrogens is 3. The van der Waals surface area contributed by atoms with E-state index in [1.807, 2.05) is 48.5 Å². The molecule has 2 aromatic heterocycles. The van der Waals surface area contributed by atoms with E-state index in [-0.39, 0.29) is 11.2 Å². The van der Waals surface area contributed by atoms with Crippen LogP contribution < -0.4 is 0 Å². The Bertz CT molecular complexity index is 1130. The van der Waals surface area contributed by atoms with Crippen LogP contribution in [0.3, 0.4) is 0 Å². The summed E-state index contributed by atoms with van der Waals surface area (Å²) in [6.45, 7) is 0. The third-order valence-corrected chi connectivity index (χ3v) is 5.43. The minimum atomic E-state index is -0.379. The van der Waals surface area contributed by atoms with Crippen molar-refractivity contribution in [3.8, 4) is 11.4 Å². The fourth-order valence-corrected chi connectivity index (χ4v) is 4.01. The number of aromatic amines is 1. The van der Waals surface area contributed by atoms with E-state index in [9.17, 15) is 4.39 Å². The molecule has 0 bridgehead atoms. The van der Waals surface area contributed by atoms with E-state index in [0.717, 1.165) is 33.8 Å². The summed E-state index contributed by atoms with van der Waals surface area (Å²) in [6, 6.07) is 22.9. The Balaban J connectivity index is 1.65. The highest BCUT2D eigenvalue weighted by molar-refractivity contribution is 5.74. The summed E-state index contributed by atoms with van der Waals surface area (Å²) in [6.07, 6.45) is 6.81. The van der Waals surface area contributed by atoms with Crippen molar-refractivity contribution in [1.82, 2.24) is 15.2 Å². The number of H-pyrrole nitrogens is 1. The molecule has 136 valence electrons. The lowest BCUT2D eigenvalue weighted by Gasteiger charge is -2.34. The SMILES string of the molecule is Fc1ccc(C2(c3ccccc3)C=Cc3c(-c4ccccn4)n[nH]c3C2)cc1. The zero-order valence-electron chi connectivity index (χ0n) is 15.1. The van der Waals surface area contributed by atoms with Gasteiger partial charge in [-0.1, -0.05) is 60.7 Å². The molecule has 0 radical (unpaired) electrons. The number of rotatable bonds is 3. The Labute approximate surface area is 162 Å². The van der Waals surface area contributed by atoms with Crippen LogP contribution in [-0.2, 0) is 11.8 Å². The Morgan fingerprint density at radius 2 is 1.61 bits per heavy atom. The van der Waals surface area contributed by atoms with Crippen LogP contribution in [0.1, 0.15) is 22.4 Å². The van der Waals surface area contributed by atoms with Crippen LogP contribution in [0.2, 0.25) is 0 Å². The standard InChI is InChI=1S/C24H18FN3/c25-19-11-9-18(10-12-19)24(17-6-2-1-3-7-17)14-13-20-22(16-24)27-28-23(20)21-8-4-5-15-26-21/h1-15H,16H2,(H,27,28). The Hall–Kier alpha value is -3.53. The highest BCUT2D eigenvalue weighted by Gasteiger charge is 2.36. The van der Waals surface area contributed by atoms with Gasteiger partial charge in [0.1, 0.15) is 11.5 Å². The zero-order chi connectivity index (χ0) is 19.0. The van der Waals surface area contributed by atoms with Crippen LogP contribution in [0.25, 0.3) is 17.5 Å². The first-order valence-corrected chi connectivity index (χ1v) is 9.26. The molecule has 0 amide bonds. The number of hydrogen-bond acceptors (Lipinski definition) is 2. The Kier molecular flexibility index (Phi) is 3.90. The second-order valence-corrected chi connectivity index (χ2v) is 7.03. The summed E-state index contributed by atoms with van der Waals surface area (Å²) in [5.41, 5.74) is 5.65. The van der Waals surface area contributed by atoms with Gasteiger partial charge in [-0.2, -0.15) is 5.10 Å². The molecule has 4 heteroatoms. The maximum absolute atomic E-state index is 13.6. The third kappa shape index (κ3) is 2.65. The van der Waals surface area contributed by atoms with Crippen LogP contribution in [-0.4, -0.2) is 15.2 Å². The van der Waals surface area contributed by atoms with Gasteiger partial charge < -0.3 is 0 Å². The molecule has 5 rings (SSSR count). The number of benzene rings is 2. The van der Waals surface area contributed by atoms with Gasteiger partial charge >= 0.3 is 0 Å². The minimum Gasteiger partial charge on any atom is -0.281 e. The Morgan fingerprint density at radius 1 is 0.857 bits per heavy atom. The van der Waals surface area contributed by atoms with E-state index >= 15 is 0 Å². The van der Waals surface area contributed by atoms with E-state index in [0.29, 0.717) is 6.42 Å². The van der Waals surface area contributed by atoms with Crippen molar-refractivity contribution < 1.29 is 4.39 Å². The molecule has 28 heavy (non-hydrogen) atoms. The number of hydrogen-bond donors (Lipinski definition) is 1. The van der Waals surface area contributed by atoms with Crippen LogP contribution >= 0.6 is 0 Å². The zero-order valence-corrected chi connectivity index (χ0v) is 15.1. The molecule has 1 aliphatic carbocycles.